The lowest BCUT2D eigenvalue weighted by atomic mass is 9.94. The highest BCUT2D eigenvalue weighted by atomic mass is 31.1. The van der Waals surface area contributed by atoms with Crippen LogP contribution in [0.4, 0.5) is 8.78 Å². The van der Waals surface area contributed by atoms with E-state index in [2.05, 4.69) is 9.84 Å². The smallest absolute Gasteiger partial charge is 0.472 e. The second-order valence-electron chi connectivity index (χ2n) is 8.25. The van der Waals surface area contributed by atoms with Crippen LogP contribution >= 0.6 is 8.25 Å². The van der Waals surface area contributed by atoms with E-state index in [0.29, 0.717) is 25.1 Å². The van der Waals surface area contributed by atoms with Gasteiger partial charge in [0, 0.05) is 22.2 Å². The number of benzene rings is 2. The van der Waals surface area contributed by atoms with E-state index in [1.54, 1.807) is 18.6 Å². The van der Waals surface area contributed by atoms with Gasteiger partial charge in [-0.1, -0.05) is 25.0 Å². The number of hydrogen-bond donors (Lipinski definition) is 2. The third-order valence-corrected chi connectivity index (χ3v) is 6.10. The van der Waals surface area contributed by atoms with Gasteiger partial charge in [0.2, 0.25) is 0 Å². The molecule has 0 saturated carbocycles. The molecule has 5 nitrogen and oxygen atoms in total. The van der Waals surface area contributed by atoms with Gasteiger partial charge in [-0.25, -0.2) is 8.78 Å². The zero-order chi connectivity index (χ0) is 24.2. The molecule has 0 amide bonds. The summed E-state index contributed by atoms with van der Waals surface area (Å²) in [5.74, 6) is -0.459. The predicted molar refractivity (Wildman–Crippen MR) is 128 cm³/mol. The Morgan fingerprint density at radius 1 is 0.941 bits per heavy atom. The average molecular weight is 491 g/mol. The first-order valence-electron chi connectivity index (χ1n) is 11.6. The van der Waals surface area contributed by atoms with Crippen molar-refractivity contribution in [3.8, 4) is 11.1 Å². The van der Waals surface area contributed by atoms with Crippen molar-refractivity contribution in [2.45, 2.75) is 51.5 Å². The van der Waals surface area contributed by atoms with E-state index in [0.717, 1.165) is 60.8 Å². The topological polar surface area (TPSA) is 71.7 Å². The maximum Gasteiger partial charge on any atom is 0.694 e. The molecule has 0 aliphatic carbocycles. The van der Waals surface area contributed by atoms with Crippen molar-refractivity contribution in [3.63, 3.8) is 0 Å². The Balaban J connectivity index is 1.50. The number of nitrogens with one attached hydrogen (secondary N) is 1. The minimum Gasteiger partial charge on any atom is -0.472 e. The molecule has 0 aliphatic rings. The number of halogens is 2. The molecule has 1 heterocycles. The first-order chi connectivity index (χ1) is 16.5. The molecular formula is C26H31F2NO4P+. The van der Waals surface area contributed by atoms with Crippen LogP contribution in [0, 0.1) is 11.6 Å². The fraction of sp³-hybridized carbons (Fsp3) is 0.385. The zero-order valence-corrected chi connectivity index (χ0v) is 20.0. The summed E-state index contributed by atoms with van der Waals surface area (Å²) in [6, 6.07) is 12.0. The van der Waals surface area contributed by atoms with Crippen LogP contribution < -0.4 is 5.32 Å². The molecule has 0 bridgehead atoms. The summed E-state index contributed by atoms with van der Waals surface area (Å²) in [6.07, 6.45) is 9.65. The molecule has 182 valence electrons. The van der Waals surface area contributed by atoms with Crippen LogP contribution in [0.5, 0.6) is 0 Å². The molecule has 0 saturated heterocycles. The van der Waals surface area contributed by atoms with E-state index in [-0.39, 0.29) is 18.2 Å². The first-order valence-corrected chi connectivity index (χ1v) is 12.7. The van der Waals surface area contributed by atoms with Crippen molar-refractivity contribution in [2.24, 2.45) is 0 Å². The second kappa shape index (κ2) is 14.1. The Hall–Kier alpha value is -2.44. The maximum atomic E-state index is 14.8. The molecular weight excluding hydrogens is 459 g/mol. The van der Waals surface area contributed by atoms with Gasteiger partial charge < -0.3 is 9.73 Å². The standard InChI is InChI=1S/C26H30F2NO4P/c27-24-10-8-20(9-11-24)6-3-1-2-4-7-21-17-26(28)23(16-25(21)22-12-15-32-19-22)18-29-13-5-14-33-34(30)31/h8-12,15-17,19,29H,1-7,13-14,18H2/p+1. The van der Waals surface area contributed by atoms with Crippen LogP contribution in [-0.2, 0) is 28.5 Å². The molecule has 0 radical (unpaired) electrons. The third-order valence-electron chi connectivity index (χ3n) is 5.69. The van der Waals surface area contributed by atoms with Gasteiger partial charge in [0.1, 0.15) is 18.2 Å². The highest BCUT2D eigenvalue weighted by molar-refractivity contribution is 7.32. The number of furan rings is 1. The van der Waals surface area contributed by atoms with Gasteiger partial charge in [0.25, 0.3) is 0 Å². The summed E-state index contributed by atoms with van der Waals surface area (Å²) in [6.45, 7) is 1.07. The van der Waals surface area contributed by atoms with Gasteiger partial charge >= 0.3 is 8.25 Å². The van der Waals surface area contributed by atoms with Crippen LogP contribution in [0.2, 0.25) is 0 Å². The van der Waals surface area contributed by atoms with Crippen LogP contribution in [-0.4, -0.2) is 18.0 Å². The first kappa shape index (κ1) is 26.2. The molecule has 0 spiro atoms. The van der Waals surface area contributed by atoms with Gasteiger partial charge in [-0.05, 0) is 85.7 Å². The monoisotopic (exact) mass is 490 g/mol. The van der Waals surface area contributed by atoms with E-state index in [9.17, 15) is 13.3 Å². The van der Waals surface area contributed by atoms with Crippen LogP contribution in [0.1, 0.15) is 48.8 Å². The maximum absolute atomic E-state index is 14.8. The van der Waals surface area contributed by atoms with Crippen molar-refractivity contribution >= 4 is 8.25 Å². The van der Waals surface area contributed by atoms with E-state index in [1.807, 2.05) is 24.3 Å². The Labute approximate surface area is 200 Å². The Kier molecular flexibility index (Phi) is 10.8. The van der Waals surface area contributed by atoms with Crippen LogP contribution in [0.3, 0.4) is 0 Å². The van der Waals surface area contributed by atoms with Crippen molar-refractivity contribution in [1.29, 1.82) is 0 Å². The summed E-state index contributed by atoms with van der Waals surface area (Å²) in [7, 11) is -2.58. The summed E-state index contributed by atoms with van der Waals surface area (Å²) >= 11 is 0. The highest BCUT2D eigenvalue weighted by Crippen LogP contribution is 2.29. The third kappa shape index (κ3) is 8.73. The minimum atomic E-state index is -2.58. The number of hydrogen-bond acceptors (Lipinski definition) is 4. The Bertz CT molecular complexity index is 1030. The number of unbranched alkanes of at least 4 members (excludes halogenated alkanes) is 3. The summed E-state index contributed by atoms with van der Waals surface area (Å²) in [5, 5.41) is 3.15. The fourth-order valence-electron chi connectivity index (χ4n) is 3.90. The quantitative estimate of drug-likeness (QED) is 0.183. The minimum absolute atomic E-state index is 0.171. The molecule has 0 fully saturated rings. The molecule has 34 heavy (non-hydrogen) atoms. The van der Waals surface area contributed by atoms with Gasteiger partial charge in [0.05, 0.1) is 12.5 Å². The van der Waals surface area contributed by atoms with Crippen LogP contribution in [0.15, 0.2) is 59.4 Å². The van der Waals surface area contributed by atoms with Crippen LogP contribution in [0.25, 0.3) is 11.1 Å². The zero-order valence-electron chi connectivity index (χ0n) is 19.1. The van der Waals surface area contributed by atoms with Crippen molar-refractivity contribution in [2.75, 3.05) is 13.2 Å². The lowest BCUT2D eigenvalue weighted by Crippen LogP contribution is -2.17. The van der Waals surface area contributed by atoms with Crippen molar-refractivity contribution in [3.05, 3.63) is 83.3 Å². The molecule has 1 unspecified atom stereocenters. The fourth-order valence-corrected chi connectivity index (χ4v) is 4.19. The Morgan fingerprint density at radius 3 is 2.41 bits per heavy atom. The molecule has 2 N–H and O–H groups in total. The van der Waals surface area contributed by atoms with Gasteiger partial charge in [-0.15, -0.1) is 9.42 Å². The van der Waals surface area contributed by atoms with E-state index < -0.39 is 8.25 Å². The van der Waals surface area contributed by atoms with Crippen molar-refractivity contribution in [1.82, 2.24) is 5.32 Å². The van der Waals surface area contributed by atoms with Crippen molar-refractivity contribution < 1.29 is 27.2 Å². The largest absolute Gasteiger partial charge is 0.694 e. The average Bonchev–Trinajstić information content (AvgIpc) is 3.35. The van der Waals surface area contributed by atoms with E-state index >= 15 is 0 Å². The van der Waals surface area contributed by atoms with E-state index in [4.69, 9.17) is 9.31 Å². The SMILES string of the molecule is O=[P+](O)OCCCNCc1cc(-c2ccoc2)c(CCCCCCc2ccc(F)cc2)cc1F. The summed E-state index contributed by atoms with van der Waals surface area (Å²) in [4.78, 5) is 8.63. The Morgan fingerprint density at radius 2 is 1.71 bits per heavy atom. The molecule has 1 aromatic heterocycles. The predicted octanol–water partition coefficient (Wildman–Crippen LogP) is 6.72. The highest BCUT2D eigenvalue weighted by Gasteiger charge is 2.13. The normalized spacial score (nSPS) is 11.7. The number of aryl methyl sites for hydroxylation is 2. The summed E-state index contributed by atoms with van der Waals surface area (Å²) < 4.78 is 48.2. The lowest BCUT2D eigenvalue weighted by Gasteiger charge is -2.13. The van der Waals surface area contributed by atoms with Gasteiger partial charge in [0.15, 0.2) is 0 Å². The molecule has 8 heteroatoms. The molecule has 0 aliphatic heterocycles. The number of rotatable bonds is 15. The second-order valence-corrected chi connectivity index (χ2v) is 8.99. The molecule has 2 aromatic carbocycles. The lowest BCUT2D eigenvalue weighted by molar-refractivity contribution is 0.276. The molecule has 1 atom stereocenters. The van der Waals surface area contributed by atoms with E-state index in [1.165, 1.54) is 12.1 Å². The van der Waals surface area contributed by atoms with Gasteiger partial charge in [-0.2, -0.15) is 0 Å². The van der Waals surface area contributed by atoms with Gasteiger partial charge in [-0.3, -0.25) is 0 Å². The molecule has 3 aromatic rings. The molecule has 3 rings (SSSR count). The summed E-state index contributed by atoms with van der Waals surface area (Å²) in [5.41, 5.74) is 4.56.